The SMILES string of the molecule is Cc1c(CNc2c(Cl)ccc3nsnc23)cnn1C. The summed E-state index contributed by atoms with van der Waals surface area (Å²) in [5.74, 6) is 0. The molecule has 0 saturated heterocycles. The maximum Gasteiger partial charge on any atom is 0.129 e. The lowest BCUT2D eigenvalue weighted by Crippen LogP contribution is -2.02. The van der Waals surface area contributed by atoms with Gasteiger partial charge in [-0.05, 0) is 19.1 Å². The number of hydrogen-bond acceptors (Lipinski definition) is 5. The number of anilines is 1. The van der Waals surface area contributed by atoms with E-state index in [1.807, 2.05) is 37.0 Å². The predicted octanol–water partition coefficient (Wildman–Crippen LogP) is 3.00. The van der Waals surface area contributed by atoms with Crippen LogP contribution in [0.25, 0.3) is 11.0 Å². The van der Waals surface area contributed by atoms with E-state index >= 15 is 0 Å². The van der Waals surface area contributed by atoms with Gasteiger partial charge in [0.1, 0.15) is 11.0 Å². The second-order valence-electron chi connectivity index (χ2n) is 4.29. The van der Waals surface area contributed by atoms with E-state index in [2.05, 4.69) is 19.2 Å². The van der Waals surface area contributed by atoms with E-state index in [4.69, 9.17) is 11.6 Å². The van der Waals surface area contributed by atoms with Crippen molar-refractivity contribution in [2.75, 3.05) is 5.32 Å². The smallest absolute Gasteiger partial charge is 0.129 e. The molecule has 1 N–H and O–H groups in total. The predicted molar refractivity (Wildman–Crippen MR) is 77.7 cm³/mol. The van der Waals surface area contributed by atoms with Gasteiger partial charge in [0, 0.05) is 24.8 Å². The van der Waals surface area contributed by atoms with Crippen molar-refractivity contribution in [3.8, 4) is 0 Å². The summed E-state index contributed by atoms with van der Waals surface area (Å²) in [6, 6.07) is 3.71. The second kappa shape index (κ2) is 4.79. The molecule has 0 spiro atoms. The van der Waals surface area contributed by atoms with Crippen LogP contribution in [-0.4, -0.2) is 18.5 Å². The zero-order chi connectivity index (χ0) is 13.4. The van der Waals surface area contributed by atoms with Crippen LogP contribution in [0.5, 0.6) is 0 Å². The minimum Gasteiger partial charge on any atom is -0.378 e. The van der Waals surface area contributed by atoms with Gasteiger partial charge in [0.25, 0.3) is 0 Å². The van der Waals surface area contributed by atoms with Crippen molar-refractivity contribution in [2.24, 2.45) is 7.05 Å². The molecule has 98 valence electrons. The summed E-state index contributed by atoms with van der Waals surface area (Å²) in [4.78, 5) is 0. The molecule has 1 aromatic carbocycles. The molecule has 0 saturated carbocycles. The lowest BCUT2D eigenvalue weighted by molar-refractivity contribution is 0.738. The van der Waals surface area contributed by atoms with Gasteiger partial charge in [0.15, 0.2) is 0 Å². The van der Waals surface area contributed by atoms with Crippen molar-refractivity contribution >= 4 is 40.0 Å². The molecule has 5 nitrogen and oxygen atoms in total. The first-order chi connectivity index (χ1) is 9.16. The van der Waals surface area contributed by atoms with Crippen molar-refractivity contribution in [1.29, 1.82) is 0 Å². The van der Waals surface area contributed by atoms with Crippen molar-refractivity contribution < 1.29 is 0 Å². The van der Waals surface area contributed by atoms with E-state index in [1.165, 1.54) is 11.7 Å². The lowest BCUT2D eigenvalue weighted by atomic mass is 10.2. The van der Waals surface area contributed by atoms with Gasteiger partial charge in [-0.15, -0.1) is 0 Å². The van der Waals surface area contributed by atoms with E-state index in [0.717, 1.165) is 28.0 Å². The Bertz CT molecular complexity index is 733. The van der Waals surface area contributed by atoms with Crippen LogP contribution in [0.15, 0.2) is 18.3 Å². The van der Waals surface area contributed by atoms with Gasteiger partial charge in [-0.1, -0.05) is 11.6 Å². The van der Waals surface area contributed by atoms with Crippen molar-refractivity contribution in [3.05, 3.63) is 34.6 Å². The molecule has 3 rings (SSSR count). The fourth-order valence-electron chi connectivity index (χ4n) is 1.90. The highest BCUT2D eigenvalue weighted by Gasteiger charge is 2.11. The number of aromatic nitrogens is 4. The van der Waals surface area contributed by atoms with Crippen molar-refractivity contribution in [1.82, 2.24) is 18.5 Å². The van der Waals surface area contributed by atoms with Gasteiger partial charge in [0.05, 0.1) is 28.6 Å². The molecular formula is C12H12ClN5S. The molecule has 19 heavy (non-hydrogen) atoms. The molecular weight excluding hydrogens is 282 g/mol. The van der Waals surface area contributed by atoms with E-state index in [9.17, 15) is 0 Å². The zero-order valence-electron chi connectivity index (χ0n) is 10.5. The highest BCUT2D eigenvalue weighted by molar-refractivity contribution is 7.00. The van der Waals surface area contributed by atoms with Crippen LogP contribution >= 0.6 is 23.3 Å². The average molecular weight is 294 g/mol. The first-order valence-corrected chi connectivity index (χ1v) is 6.90. The number of hydrogen-bond donors (Lipinski definition) is 1. The number of halogens is 1. The average Bonchev–Trinajstić information content (AvgIpc) is 2.98. The van der Waals surface area contributed by atoms with Gasteiger partial charge in [0.2, 0.25) is 0 Å². The van der Waals surface area contributed by atoms with Gasteiger partial charge in [-0.25, -0.2) is 0 Å². The van der Waals surface area contributed by atoms with Crippen molar-refractivity contribution in [3.63, 3.8) is 0 Å². The summed E-state index contributed by atoms with van der Waals surface area (Å²) in [6.45, 7) is 2.70. The molecule has 3 aromatic rings. The molecule has 2 aromatic heterocycles. The fraction of sp³-hybridized carbons (Fsp3) is 0.250. The Morgan fingerprint density at radius 3 is 2.95 bits per heavy atom. The largest absolute Gasteiger partial charge is 0.378 e. The molecule has 0 unspecified atom stereocenters. The summed E-state index contributed by atoms with van der Waals surface area (Å²) in [7, 11) is 1.93. The Labute approximate surface area is 119 Å². The van der Waals surface area contributed by atoms with Gasteiger partial charge < -0.3 is 5.32 Å². The molecule has 0 radical (unpaired) electrons. The number of fused-ring (bicyclic) bond motifs is 1. The van der Waals surface area contributed by atoms with Crippen LogP contribution < -0.4 is 5.32 Å². The van der Waals surface area contributed by atoms with Crippen LogP contribution in [-0.2, 0) is 13.6 Å². The lowest BCUT2D eigenvalue weighted by Gasteiger charge is -2.08. The Hall–Kier alpha value is -1.66. The third-order valence-corrected chi connectivity index (χ3v) is 4.03. The molecule has 0 aliphatic heterocycles. The summed E-state index contributed by atoms with van der Waals surface area (Å²) >= 11 is 7.41. The van der Waals surface area contributed by atoms with Crippen LogP contribution in [0.3, 0.4) is 0 Å². The first kappa shape index (κ1) is 12.4. The number of nitrogens with zero attached hydrogens (tertiary/aromatic N) is 4. The van der Waals surface area contributed by atoms with Crippen molar-refractivity contribution in [2.45, 2.75) is 13.5 Å². The quantitative estimate of drug-likeness (QED) is 0.806. The Morgan fingerprint density at radius 2 is 2.21 bits per heavy atom. The van der Waals surface area contributed by atoms with Gasteiger partial charge in [-0.3, -0.25) is 4.68 Å². The van der Waals surface area contributed by atoms with Crippen LogP contribution in [0.4, 0.5) is 5.69 Å². The minimum atomic E-state index is 0.654. The number of nitrogens with one attached hydrogen (secondary N) is 1. The minimum absolute atomic E-state index is 0.654. The zero-order valence-corrected chi connectivity index (χ0v) is 12.1. The maximum atomic E-state index is 6.22. The second-order valence-corrected chi connectivity index (χ2v) is 5.22. The first-order valence-electron chi connectivity index (χ1n) is 5.79. The third-order valence-electron chi connectivity index (χ3n) is 3.17. The van der Waals surface area contributed by atoms with E-state index in [-0.39, 0.29) is 0 Å². The monoisotopic (exact) mass is 293 g/mol. The summed E-state index contributed by atoms with van der Waals surface area (Å²) < 4.78 is 10.3. The number of benzene rings is 1. The molecule has 0 fully saturated rings. The Balaban J connectivity index is 1.91. The normalized spacial score (nSPS) is 11.1. The van der Waals surface area contributed by atoms with Gasteiger partial charge >= 0.3 is 0 Å². The highest BCUT2D eigenvalue weighted by atomic mass is 35.5. The number of rotatable bonds is 3. The standard InChI is InChI=1S/C12H12ClN5S/c1-7-8(6-15-18(7)2)5-14-11-9(13)3-4-10-12(11)17-19-16-10/h3-4,6,14H,5H2,1-2H3. The fourth-order valence-corrected chi connectivity index (χ4v) is 2.66. The van der Waals surface area contributed by atoms with E-state index < -0.39 is 0 Å². The summed E-state index contributed by atoms with van der Waals surface area (Å²) in [6.07, 6.45) is 1.86. The highest BCUT2D eigenvalue weighted by Crippen LogP contribution is 2.30. The topological polar surface area (TPSA) is 55.6 Å². The van der Waals surface area contributed by atoms with E-state index in [0.29, 0.717) is 11.6 Å². The molecule has 7 heteroatoms. The van der Waals surface area contributed by atoms with E-state index in [1.54, 1.807) is 0 Å². The van der Waals surface area contributed by atoms with Crippen LogP contribution in [0.1, 0.15) is 11.3 Å². The van der Waals surface area contributed by atoms with Crippen LogP contribution in [0.2, 0.25) is 5.02 Å². The number of aryl methyl sites for hydroxylation is 1. The molecule has 0 atom stereocenters. The molecule has 0 bridgehead atoms. The Morgan fingerprint density at radius 1 is 1.37 bits per heavy atom. The molecule has 0 aliphatic carbocycles. The summed E-state index contributed by atoms with van der Waals surface area (Å²) in [5.41, 5.74) is 4.78. The molecule has 0 aliphatic rings. The maximum absolute atomic E-state index is 6.22. The third kappa shape index (κ3) is 2.17. The summed E-state index contributed by atoms with van der Waals surface area (Å²) in [5, 5.41) is 8.21. The van der Waals surface area contributed by atoms with Gasteiger partial charge in [-0.2, -0.15) is 13.8 Å². The molecule has 2 heterocycles. The molecule has 0 amide bonds. The van der Waals surface area contributed by atoms with Crippen LogP contribution in [0, 0.1) is 6.92 Å². The Kier molecular flexibility index (Phi) is 3.12.